The van der Waals surface area contributed by atoms with Gasteiger partial charge in [-0.3, -0.25) is 10.1 Å². The van der Waals surface area contributed by atoms with Crippen molar-refractivity contribution in [3.63, 3.8) is 0 Å². The molecule has 1 aliphatic rings. The number of ether oxygens (including phenoxy) is 1. The number of nitrogens with zero attached hydrogens (tertiary/aromatic N) is 1. The van der Waals surface area contributed by atoms with Gasteiger partial charge >= 0.3 is 5.69 Å². The lowest BCUT2D eigenvalue weighted by Gasteiger charge is -2.12. The topological polar surface area (TPSA) is 133 Å². The first kappa shape index (κ1) is 16.6. The highest BCUT2D eigenvalue weighted by Gasteiger charge is 2.32. The first-order chi connectivity index (χ1) is 10.1. The van der Waals surface area contributed by atoms with Gasteiger partial charge in [-0.1, -0.05) is 0 Å². The number of nitro benzene ring substituents is 1. The van der Waals surface area contributed by atoms with Crippen LogP contribution in [0.5, 0.6) is 5.75 Å². The van der Waals surface area contributed by atoms with Crippen molar-refractivity contribution in [3.8, 4) is 5.75 Å². The standard InChI is InChI=1S/C11H14N2O7S2/c1-20-11-3-2-9(6-10(11)13(14)15)22(18,19)12-8-4-5-21(16,17)7-8/h2-3,6,8,12H,4-5,7H2,1H3/t8-/m0/s1. The lowest BCUT2D eigenvalue weighted by Crippen LogP contribution is -2.35. The number of sulfone groups is 1. The lowest BCUT2D eigenvalue weighted by atomic mass is 10.3. The van der Waals surface area contributed by atoms with Crippen molar-refractivity contribution >= 4 is 25.5 Å². The molecule has 1 N–H and O–H groups in total. The van der Waals surface area contributed by atoms with E-state index in [0.29, 0.717) is 0 Å². The summed E-state index contributed by atoms with van der Waals surface area (Å²) in [4.78, 5) is 9.85. The fraction of sp³-hybridized carbons (Fsp3) is 0.455. The van der Waals surface area contributed by atoms with E-state index in [9.17, 15) is 26.9 Å². The molecule has 1 fully saturated rings. The molecule has 0 amide bonds. The summed E-state index contributed by atoms with van der Waals surface area (Å²) in [6.45, 7) is 0. The highest BCUT2D eigenvalue weighted by Crippen LogP contribution is 2.29. The van der Waals surface area contributed by atoms with Crippen LogP contribution >= 0.6 is 0 Å². The van der Waals surface area contributed by atoms with Crippen LogP contribution in [0.3, 0.4) is 0 Å². The summed E-state index contributed by atoms with van der Waals surface area (Å²) in [6, 6.07) is 2.50. The number of hydrogen-bond acceptors (Lipinski definition) is 7. The van der Waals surface area contributed by atoms with Crippen LogP contribution < -0.4 is 9.46 Å². The fourth-order valence-corrected chi connectivity index (χ4v) is 5.22. The largest absolute Gasteiger partial charge is 0.490 e. The molecule has 0 aliphatic carbocycles. The Hall–Kier alpha value is -1.72. The van der Waals surface area contributed by atoms with Gasteiger partial charge in [0, 0.05) is 12.1 Å². The quantitative estimate of drug-likeness (QED) is 0.587. The molecule has 1 aromatic carbocycles. The Morgan fingerprint density at radius 3 is 2.59 bits per heavy atom. The average Bonchev–Trinajstić information content (AvgIpc) is 2.76. The smallest absolute Gasteiger partial charge is 0.312 e. The Morgan fingerprint density at radius 2 is 2.09 bits per heavy atom. The van der Waals surface area contributed by atoms with Crippen molar-refractivity contribution in [1.29, 1.82) is 0 Å². The molecule has 122 valence electrons. The van der Waals surface area contributed by atoms with Crippen molar-refractivity contribution in [1.82, 2.24) is 4.72 Å². The predicted octanol–water partition coefficient (Wildman–Crippen LogP) is 0.0688. The normalized spacial score (nSPS) is 20.7. The summed E-state index contributed by atoms with van der Waals surface area (Å²) < 4.78 is 54.2. The van der Waals surface area contributed by atoms with E-state index in [1.54, 1.807) is 0 Å². The van der Waals surface area contributed by atoms with Crippen LogP contribution in [0.1, 0.15) is 6.42 Å². The molecule has 1 atom stereocenters. The van der Waals surface area contributed by atoms with Gasteiger partial charge in [-0.05, 0) is 18.6 Å². The van der Waals surface area contributed by atoms with Gasteiger partial charge in [0.25, 0.3) is 0 Å². The zero-order chi connectivity index (χ0) is 16.5. The molecule has 1 aromatic rings. The molecule has 0 saturated carbocycles. The lowest BCUT2D eigenvalue weighted by molar-refractivity contribution is -0.386. The van der Waals surface area contributed by atoms with Crippen LogP contribution in [0.15, 0.2) is 23.1 Å². The van der Waals surface area contributed by atoms with Gasteiger partial charge in [-0.2, -0.15) is 0 Å². The summed E-state index contributed by atoms with van der Waals surface area (Å²) in [7, 11) is -6.05. The minimum absolute atomic E-state index is 0.0626. The van der Waals surface area contributed by atoms with Crippen LogP contribution in [0, 0.1) is 10.1 Å². The van der Waals surface area contributed by atoms with Gasteiger partial charge in [-0.15, -0.1) is 0 Å². The Balaban J connectivity index is 2.30. The van der Waals surface area contributed by atoms with Gasteiger partial charge < -0.3 is 4.74 Å². The van der Waals surface area contributed by atoms with Crippen LogP contribution in [0.4, 0.5) is 5.69 Å². The summed E-state index contributed by atoms with van der Waals surface area (Å²) in [5.74, 6) is -0.416. The maximum atomic E-state index is 12.2. The molecule has 0 spiro atoms. The zero-order valence-corrected chi connectivity index (χ0v) is 13.2. The van der Waals surface area contributed by atoms with E-state index >= 15 is 0 Å². The molecule has 0 aromatic heterocycles. The third kappa shape index (κ3) is 3.54. The molecule has 0 radical (unpaired) electrons. The zero-order valence-electron chi connectivity index (χ0n) is 11.6. The molecule has 22 heavy (non-hydrogen) atoms. The van der Waals surface area contributed by atoms with Crippen molar-refractivity contribution in [2.75, 3.05) is 18.6 Å². The number of sulfonamides is 1. The van der Waals surface area contributed by atoms with Gasteiger partial charge in [0.2, 0.25) is 10.0 Å². The Morgan fingerprint density at radius 1 is 1.41 bits per heavy atom. The van der Waals surface area contributed by atoms with Crippen LogP contribution in [0.2, 0.25) is 0 Å². The van der Waals surface area contributed by atoms with Gasteiger partial charge in [0.05, 0.1) is 28.4 Å². The average molecular weight is 350 g/mol. The minimum Gasteiger partial charge on any atom is -0.490 e. The van der Waals surface area contributed by atoms with Gasteiger partial charge in [-0.25, -0.2) is 21.6 Å². The number of methoxy groups -OCH3 is 1. The molecule has 1 saturated heterocycles. The maximum Gasteiger partial charge on any atom is 0.312 e. The summed E-state index contributed by atoms with van der Waals surface area (Å²) >= 11 is 0. The number of rotatable bonds is 5. The molecule has 9 nitrogen and oxygen atoms in total. The fourth-order valence-electron chi connectivity index (χ4n) is 2.16. The van der Waals surface area contributed by atoms with E-state index in [1.807, 2.05) is 0 Å². The van der Waals surface area contributed by atoms with E-state index in [4.69, 9.17) is 4.74 Å². The third-order valence-electron chi connectivity index (χ3n) is 3.21. The first-order valence-electron chi connectivity index (χ1n) is 6.20. The SMILES string of the molecule is COc1ccc(S(=O)(=O)N[C@H]2CCS(=O)(=O)C2)cc1[N+](=O)[O-]. The second-order valence-electron chi connectivity index (χ2n) is 4.81. The van der Waals surface area contributed by atoms with Crippen molar-refractivity contribution in [2.45, 2.75) is 17.4 Å². The summed E-state index contributed by atoms with van der Waals surface area (Å²) in [5, 5.41) is 10.9. The van der Waals surface area contributed by atoms with E-state index in [1.165, 1.54) is 13.2 Å². The van der Waals surface area contributed by atoms with Crippen molar-refractivity contribution in [2.24, 2.45) is 0 Å². The molecule has 11 heteroatoms. The molecule has 1 heterocycles. The summed E-state index contributed by atoms with van der Waals surface area (Å²) in [6.07, 6.45) is 0.180. The Bertz CT molecular complexity index is 802. The second kappa shape index (κ2) is 5.82. The number of hydrogen-bond donors (Lipinski definition) is 1. The molecule has 0 bridgehead atoms. The molecule has 1 aliphatic heterocycles. The number of benzene rings is 1. The Kier molecular flexibility index (Phi) is 4.40. The molecular weight excluding hydrogens is 336 g/mol. The van der Waals surface area contributed by atoms with E-state index in [2.05, 4.69) is 4.72 Å². The van der Waals surface area contributed by atoms with E-state index < -0.39 is 36.5 Å². The van der Waals surface area contributed by atoms with E-state index in [0.717, 1.165) is 12.1 Å². The van der Waals surface area contributed by atoms with Crippen molar-refractivity contribution in [3.05, 3.63) is 28.3 Å². The highest BCUT2D eigenvalue weighted by atomic mass is 32.2. The second-order valence-corrected chi connectivity index (χ2v) is 8.75. The predicted molar refractivity (Wildman–Crippen MR) is 77.0 cm³/mol. The molecular formula is C11H14N2O7S2. The number of nitrogens with one attached hydrogen (secondary N) is 1. The van der Waals surface area contributed by atoms with Crippen LogP contribution in [-0.4, -0.2) is 46.4 Å². The number of nitro groups is 1. The monoisotopic (exact) mass is 350 g/mol. The summed E-state index contributed by atoms with van der Waals surface area (Å²) in [5.41, 5.74) is -0.482. The highest BCUT2D eigenvalue weighted by molar-refractivity contribution is 7.92. The maximum absolute atomic E-state index is 12.2. The molecule has 0 unspecified atom stereocenters. The first-order valence-corrected chi connectivity index (χ1v) is 9.50. The molecule has 2 rings (SSSR count). The minimum atomic E-state index is -4.05. The van der Waals surface area contributed by atoms with E-state index in [-0.39, 0.29) is 28.6 Å². The van der Waals surface area contributed by atoms with Gasteiger partial charge in [0.1, 0.15) is 0 Å². The van der Waals surface area contributed by atoms with Crippen LogP contribution in [-0.2, 0) is 19.9 Å². The Labute approximate surface area is 127 Å². The van der Waals surface area contributed by atoms with Crippen LogP contribution in [0.25, 0.3) is 0 Å². The van der Waals surface area contributed by atoms with Gasteiger partial charge in [0.15, 0.2) is 15.6 Å². The van der Waals surface area contributed by atoms with Crippen molar-refractivity contribution < 1.29 is 26.5 Å². The third-order valence-corrected chi connectivity index (χ3v) is 6.50.